The highest BCUT2D eigenvalue weighted by Gasteiger charge is 2.12. The van der Waals surface area contributed by atoms with Gasteiger partial charge >= 0.3 is 5.97 Å². The molecule has 0 aliphatic carbocycles. The van der Waals surface area contributed by atoms with E-state index in [1.807, 2.05) is 29.9 Å². The van der Waals surface area contributed by atoms with Crippen LogP contribution in [-0.4, -0.2) is 17.6 Å². The van der Waals surface area contributed by atoms with Gasteiger partial charge < -0.3 is 14.6 Å². The Bertz CT molecular complexity index is 593. The van der Waals surface area contributed by atoms with Crippen molar-refractivity contribution in [2.45, 2.75) is 6.54 Å². The van der Waals surface area contributed by atoms with Crippen LogP contribution in [0.25, 0.3) is 0 Å². The van der Waals surface area contributed by atoms with Crippen LogP contribution in [0, 0.1) is 5.82 Å². The normalized spacial score (nSPS) is 10.3. The number of ether oxygens (including phenoxy) is 1. The quantitative estimate of drug-likeness (QED) is 0.861. The molecule has 5 heteroatoms. The van der Waals surface area contributed by atoms with E-state index in [0.29, 0.717) is 17.8 Å². The largest absolute Gasteiger partial charge is 0.465 e. The Hall–Kier alpha value is -2.30. The summed E-state index contributed by atoms with van der Waals surface area (Å²) in [4.78, 5) is 11.6. The molecule has 0 radical (unpaired) electrons. The van der Waals surface area contributed by atoms with Crippen LogP contribution in [0.2, 0.25) is 0 Å². The lowest BCUT2D eigenvalue weighted by Gasteiger charge is -2.11. The Morgan fingerprint density at radius 3 is 2.84 bits per heavy atom. The highest BCUT2D eigenvalue weighted by atomic mass is 19.1. The van der Waals surface area contributed by atoms with Crippen LogP contribution in [-0.2, 0) is 18.3 Å². The van der Waals surface area contributed by atoms with Crippen LogP contribution >= 0.6 is 0 Å². The number of carbonyl (C=O) groups is 1. The van der Waals surface area contributed by atoms with Crippen molar-refractivity contribution in [2.24, 2.45) is 7.05 Å². The molecule has 0 aliphatic heterocycles. The van der Waals surface area contributed by atoms with Gasteiger partial charge in [0.05, 0.1) is 24.9 Å². The van der Waals surface area contributed by atoms with Gasteiger partial charge in [0.2, 0.25) is 0 Å². The number of hydrogen-bond donors (Lipinski definition) is 1. The molecular weight excluding hydrogens is 247 g/mol. The topological polar surface area (TPSA) is 43.3 Å². The summed E-state index contributed by atoms with van der Waals surface area (Å²) in [6.07, 6.45) is 1.92. The molecule has 1 N–H and O–H groups in total. The molecule has 0 fully saturated rings. The van der Waals surface area contributed by atoms with Crippen molar-refractivity contribution in [2.75, 3.05) is 12.4 Å². The van der Waals surface area contributed by atoms with Crippen molar-refractivity contribution >= 4 is 11.7 Å². The first-order valence-corrected chi connectivity index (χ1v) is 5.83. The summed E-state index contributed by atoms with van der Waals surface area (Å²) in [6, 6.07) is 7.80. The number of methoxy groups -OCH3 is 1. The van der Waals surface area contributed by atoms with E-state index in [1.165, 1.54) is 25.3 Å². The van der Waals surface area contributed by atoms with E-state index in [9.17, 15) is 9.18 Å². The molecule has 4 nitrogen and oxygen atoms in total. The Morgan fingerprint density at radius 2 is 2.21 bits per heavy atom. The number of nitrogens with one attached hydrogen (secondary N) is 1. The molecule has 0 spiro atoms. The molecule has 0 aliphatic rings. The average molecular weight is 262 g/mol. The van der Waals surface area contributed by atoms with E-state index < -0.39 is 11.8 Å². The molecule has 0 saturated carbocycles. The van der Waals surface area contributed by atoms with Crippen molar-refractivity contribution in [1.82, 2.24) is 4.57 Å². The molecule has 2 rings (SSSR count). The Balaban J connectivity index is 2.21. The smallest absolute Gasteiger partial charge is 0.339 e. The summed E-state index contributed by atoms with van der Waals surface area (Å²) in [5, 5.41) is 3.05. The molecule has 2 aromatic rings. The first-order valence-electron chi connectivity index (χ1n) is 5.83. The second-order valence-electron chi connectivity index (χ2n) is 4.15. The zero-order valence-corrected chi connectivity index (χ0v) is 10.8. The van der Waals surface area contributed by atoms with Crippen molar-refractivity contribution < 1.29 is 13.9 Å². The van der Waals surface area contributed by atoms with Crippen LogP contribution in [0.1, 0.15) is 16.1 Å². The predicted molar refractivity (Wildman–Crippen MR) is 70.5 cm³/mol. The van der Waals surface area contributed by atoms with Gasteiger partial charge in [-0.1, -0.05) is 0 Å². The van der Waals surface area contributed by atoms with Gasteiger partial charge in [0, 0.05) is 18.9 Å². The maximum atomic E-state index is 13.3. The molecule has 1 heterocycles. The van der Waals surface area contributed by atoms with Gasteiger partial charge in [-0.05, 0) is 30.3 Å². The monoisotopic (exact) mass is 262 g/mol. The van der Waals surface area contributed by atoms with Crippen LogP contribution in [0.3, 0.4) is 0 Å². The third-order valence-electron chi connectivity index (χ3n) is 2.90. The van der Waals surface area contributed by atoms with Crippen LogP contribution in [0.5, 0.6) is 0 Å². The SMILES string of the molecule is COC(=O)c1ccc(F)cc1NCc1cccn1C. The number of rotatable bonds is 4. The third kappa shape index (κ3) is 2.93. The van der Waals surface area contributed by atoms with Gasteiger partial charge in [-0.3, -0.25) is 0 Å². The number of benzene rings is 1. The molecule has 1 aromatic carbocycles. The second-order valence-corrected chi connectivity index (χ2v) is 4.15. The second kappa shape index (κ2) is 5.56. The number of aryl methyl sites for hydroxylation is 1. The maximum absolute atomic E-state index is 13.3. The summed E-state index contributed by atoms with van der Waals surface area (Å²) < 4.78 is 19.9. The summed E-state index contributed by atoms with van der Waals surface area (Å²) >= 11 is 0. The van der Waals surface area contributed by atoms with Crippen LogP contribution < -0.4 is 5.32 Å². The Morgan fingerprint density at radius 1 is 1.42 bits per heavy atom. The van der Waals surface area contributed by atoms with Crippen LogP contribution in [0.15, 0.2) is 36.5 Å². The van der Waals surface area contributed by atoms with E-state index in [2.05, 4.69) is 10.1 Å². The Kier molecular flexibility index (Phi) is 3.85. The predicted octanol–water partition coefficient (Wildman–Crippen LogP) is 2.56. The van der Waals surface area contributed by atoms with Crippen molar-refractivity contribution in [3.05, 3.63) is 53.6 Å². The van der Waals surface area contributed by atoms with Gasteiger partial charge in [0.25, 0.3) is 0 Å². The number of hydrogen-bond acceptors (Lipinski definition) is 3. The van der Waals surface area contributed by atoms with Crippen molar-refractivity contribution in [3.8, 4) is 0 Å². The minimum atomic E-state index is -0.491. The first-order chi connectivity index (χ1) is 9.11. The number of halogens is 1. The highest BCUT2D eigenvalue weighted by Crippen LogP contribution is 2.19. The van der Waals surface area contributed by atoms with Crippen molar-refractivity contribution in [1.29, 1.82) is 0 Å². The minimum absolute atomic E-state index is 0.318. The maximum Gasteiger partial charge on any atom is 0.339 e. The number of carbonyl (C=O) groups excluding carboxylic acids is 1. The van der Waals surface area contributed by atoms with Gasteiger partial charge in [-0.15, -0.1) is 0 Å². The summed E-state index contributed by atoms with van der Waals surface area (Å²) in [7, 11) is 3.22. The summed E-state index contributed by atoms with van der Waals surface area (Å²) in [5.41, 5.74) is 1.77. The van der Waals surface area contributed by atoms with Crippen LogP contribution in [0.4, 0.5) is 10.1 Å². The molecule has 0 amide bonds. The molecule has 100 valence electrons. The van der Waals surface area contributed by atoms with E-state index >= 15 is 0 Å². The molecule has 0 atom stereocenters. The third-order valence-corrected chi connectivity index (χ3v) is 2.90. The zero-order valence-electron chi connectivity index (χ0n) is 10.8. The fourth-order valence-corrected chi connectivity index (χ4v) is 1.82. The fraction of sp³-hybridized carbons (Fsp3) is 0.214. The summed E-state index contributed by atoms with van der Waals surface area (Å²) in [5.74, 6) is -0.892. The standard InChI is InChI=1S/C14H15FN2O2/c1-17-7-3-4-11(17)9-16-13-8-10(15)5-6-12(13)14(18)19-2/h3-8,16H,9H2,1-2H3. The van der Waals surface area contributed by atoms with Gasteiger partial charge in [-0.25, -0.2) is 9.18 Å². The lowest BCUT2D eigenvalue weighted by molar-refractivity contribution is 0.0602. The molecular formula is C14H15FN2O2. The number of esters is 1. The lowest BCUT2D eigenvalue weighted by atomic mass is 10.1. The molecule has 0 bridgehead atoms. The Labute approximate surface area is 110 Å². The zero-order chi connectivity index (χ0) is 13.8. The van der Waals surface area contributed by atoms with Gasteiger partial charge in [-0.2, -0.15) is 0 Å². The molecule has 19 heavy (non-hydrogen) atoms. The summed E-state index contributed by atoms with van der Waals surface area (Å²) in [6.45, 7) is 0.497. The number of anilines is 1. The molecule has 0 saturated heterocycles. The fourth-order valence-electron chi connectivity index (χ4n) is 1.82. The van der Waals surface area contributed by atoms with Gasteiger partial charge in [0.15, 0.2) is 0 Å². The number of nitrogens with zero attached hydrogens (tertiary/aromatic N) is 1. The lowest BCUT2D eigenvalue weighted by Crippen LogP contribution is -2.10. The van der Waals surface area contributed by atoms with E-state index in [0.717, 1.165) is 5.69 Å². The molecule has 1 aromatic heterocycles. The van der Waals surface area contributed by atoms with Gasteiger partial charge in [0.1, 0.15) is 5.82 Å². The highest BCUT2D eigenvalue weighted by molar-refractivity contribution is 5.95. The van der Waals surface area contributed by atoms with E-state index in [4.69, 9.17) is 0 Å². The average Bonchev–Trinajstić information content (AvgIpc) is 2.81. The first kappa shape index (κ1) is 13.1. The van der Waals surface area contributed by atoms with Crippen molar-refractivity contribution in [3.63, 3.8) is 0 Å². The minimum Gasteiger partial charge on any atom is -0.465 e. The number of aromatic nitrogens is 1. The van der Waals surface area contributed by atoms with E-state index in [1.54, 1.807) is 0 Å². The van der Waals surface area contributed by atoms with E-state index in [-0.39, 0.29) is 0 Å². The molecule has 0 unspecified atom stereocenters.